The molecule has 20 heavy (non-hydrogen) atoms. The summed E-state index contributed by atoms with van der Waals surface area (Å²) in [5, 5.41) is 1.01. The van der Waals surface area contributed by atoms with Gasteiger partial charge < -0.3 is 0 Å². The first kappa shape index (κ1) is 14.9. The zero-order valence-corrected chi connectivity index (χ0v) is 14.3. The van der Waals surface area contributed by atoms with E-state index in [2.05, 4.69) is 0 Å². The summed E-state index contributed by atoms with van der Waals surface area (Å²) in [6.07, 6.45) is 2.02. The van der Waals surface area contributed by atoms with E-state index < -0.39 is 0 Å². The van der Waals surface area contributed by atoms with Crippen molar-refractivity contribution in [2.45, 2.75) is 9.83 Å². The molecule has 0 spiro atoms. The second kappa shape index (κ2) is 6.38. The summed E-state index contributed by atoms with van der Waals surface area (Å²) in [5.74, 6) is 3.20. The Kier molecular flexibility index (Phi) is 4.75. The van der Waals surface area contributed by atoms with E-state index in [1.807, 2.05) is 29.8 Å². The van der Waals surface area contributed by atoms with Crippen LogP contribution in [0.15, 0.2) is 24.3 Å². The molecule has 2 saturated heterocycles. The van der Waals surface area contributed by atoms with Crippen LogP contribution >= 0.6 is 46.2 Å². The molecule has 107 valence electrons. The van der Waals surface area contributed by atoms with Gasteiger partial charge in [0.2, 0.25) is 10.2 Å². The Morgan fingerprint density at radius 3 is 2.35 bits per heavy atom. The van der Waals surface area contributed by atoms with Crippen molar-refractivity contribution in [3.63, 3.8) is 0 Å². The Balaban J connectivity index is 1.60. The van der Waals surface area contributed by atoms with Gasteiger partial charge in [-0.25, -0.2) is 0 Å². The predicted molar refractivity (Wildman–Crippen MR) is 93.6 cm³/mol. The van der Waals surface area contributed by atoms with Crippen LogP contribution in [-0.4, -0.2) is 43.6 Å². The number of rotatable bonds is 5. The van der Waals surface area contributed by atoms with Crippen LogP contribution in [0.4, 0.5) is 0 Å². The van der Waals surface area contributed by atoms with Gasteiger partial charge in [-0.3, -0.25) is 9.59 Å². The van der Waals surface area contributed by atoms with E-state index >= 15 is 0 Å². The third kappa shape index (κ3) is 3.78. The third-order valence-corrected chi connectivity index (χ3v) is 9.30. The summed E-state index contributed by atoms with van der Waals surface area (Å²) in [7, 11) is -0.194. The summed E-state index contributed by atoms with van der Waals surface area (Å²) in [5.41, 5.74) is 1.44. The van der Waals surface area contributed by atoms with E-state index in [-0.39, 0.29) is 21.1 Å². The minimum Gasteiger partial charge on any atom is -0.282 e. The van der Waals surface area contributed by atoms with Crippen molar-refractivity contribution in [3.05, 3.63) is 35.4 Å². The maximum Gasteiger partial charge on any atom is 0.219 e. The van der Waals surface area contributed by atoms with E-state index in [4.69, 9.17) is 0 Å². The fraction of sp³-hybridized carbons (Fsp3) is 0.429. The molecule has 3 rings (SSSR count). The lowest BCUT2D eigenvalue weighted by Gasteiger charge is -2.10. The van der Waals surface area contributed by atoms with Crippen molar-refractivity contribution >= 4 is 56.4 Å². The Labute approximate surface area is 134 Å². The Bertz CT molecular complexity index is 520. The predicted octanol–water partition coefficient (Wildman–Crippen LogP) is 3.79. The second-order valence-corrected chi connectivity index (χ2v) is 10.7. The van der Waals surface area contributed by atoms with Gasteiger partial charge in [0.25, 0.3) is 0 Å². The van der Waals surface area contributed by atoms with Gasteiger partial charge >= 0.3 is 0 Å². The van der Waals surface area contributed by atoms with Crippen LogP contribution in [0, 0.1) is 0 Å². The van der Waals surface area contributed by atoms with Crippen LogP contribution in [0.2, 0.25) is 0 Å². The van der Waals surface area contributed by atoms with Gasteiger partial charge in [-0.05, 0) is 30.5 Å². The molecular formula is C14H15O2S4. The molecule has 2 unspecified atom stereocenters. The molecule has 1 aromatic carbocycles. The number of carbonyl (C=O) groups is 2. The van der Waals surface area contributed by atoms with E-state index in [1.54, 1.807) is 24.3 Å². The topological polar surface area (TPSA) is 34.1 Å². The van der Waals surface area contributed by atoms with Crippen LogP contribution in [0.3, 0.4) is 0 Å². The number of hydrogen-bond acceptors (Lipinski definition) is 5. The second-order valence-electron chi connectivity index (χ2n) is 4.74. The summed E-state index contributed by atoms with van der Waals surface area (Å²) in [6, 6.07) is 7.19. The van der Waals surface area contributed by atoms with Crippen molar-refractivity contribution in [3.8, 4) is 0 Å². The minimum atomic E-state index is -0.194. The minimum absolute atomic E-state index is 0.116. The van der Waals surface area contributed by atoms with Gasteiger partial charge in [0.15, 0.2) is 0 Å². The van der Waals surface area contributed by atoms with E-state index in [0.29, 0.717) is 15.4 Å². The van der Waals surface area contributed by atoms with Crippen LogP contribution in [-0.2, 0) is 0 Å². The zero-order valence-electron chi connectivity index (χ0n) is 11.0. The number of carbonyl (C=O) groups excluding carboxylic acids is 2. The lowest BCUT2D eigenvalue weighted by Crippen LogP contribution is -2.04. The van der Waals surface area contributed by atoms with Gasteiger partial charge in [0, 0.05) is 33.6 Å². The first-order valence-corrected chi connectivity index (χ1v) is 11.1. The molecule has 0 N–H and O–H groups in total. The summed E-state index contributed by atoms with van der Waals surface area (Å²) in [6.45, 7) is 0. The number of hydrogen-bond donors (Lipinski definition) is 0. The van der Waals surface area contributed by atoms with Crippen molar-refractivity contribution in [1.29, 1.82) is 0 Å². The van der Waals surface area contributed by atoms with Crippen LogP contribution < -0.4 is 0 Å². The van der Waals surface area contributed by atoms with Crippen molar-refractivity contribution in [2.24, 2.45) is 0 Å². The Morgan fingerprint density at radius 2 is 1.80 bits per heavy atom. The quantitative estimate of drug-likeness (QED) is 0.760. The third-order valence-electron chi connectivity index (χ3n) is 3.15. The fourth-order valence-corrected chi connectivity index (χ4v) is 6.41. The molecule has 2 nitrogen and oxygen atoms in total. The molecule has 0 aromatic heterocycles. The molecule has 0 aliphatic carbocycles. The standard InChI is InChI=1S/C14H15O2S4/c1-20(12-8-18-12)14(16)10-4-2-9(3-5-10)13(15)19-7-11-6-17-11/h2-5,11-12H,6-8H2,1H3. The number of thioether (sulfide) groups is 3. The van der Waals surface area contributed by atoms with Crippen LogP contribution in [0.25, 0.3) is 0 Å². The smallest absolute Gasteiger partial charge is 0.219 e. The molecular weight excluding hydrogens is 328 g/mol. The molecule has 1 aromatic rings. The van der Waals surface area contributed by atoms with Crippen LogP contribution in [0.1, 0.15) is 20.7 Å². The highest BCUT2D eigenvalue weighted by molar-refractivity contribution is 8.40. The first-order chi connectivity index (χ1) is 9.65. The van der Waals surface area contributed by atoms with Gasteiger partial charge in [0.05, 0.1) is 4.58 Å². The molecule has 2 heterocycles. The van der Waals surface area contributed by atoms with Gasteiger partial charge in [-0.2, -0.15) is 11.8 Å². The lowest BCUT2D eigenvalue weighted by atomic mass is 10.2. The molecule has 2 aliphatic rings. The largest absolute Gasteiger partial charge is 0.282 e. The highest BCUT2D eigenvalue weighted by Gasteiger charge is 2.32. The van der Waals surface area contributed by atoms with Gasteiger partial charge in [-0.15, -0.1) is 22.7 Å². The molecule has 0 bridgehead atoms. The summed E-state index contributed by atoms with van der Waals surface area (Å²) < 4.78 is 0.524. The molecule has 2 fully saturated rings. The molecule has 1 radical (unpaired) electrons. The zero-order chi connectivity index (χ0) is 14.1. The molecule has 6 heteroatoms. The molecule has 2 atom stereocenters. The average Bonchev–Trinajstić information content (AvgIpc) is 3.36. The summed E-state index contributed by atoms with van der Waals surface area (Å²) in [4.78, 5) is 24.2. The monoisotopic (exact) mass is 343 g/mol. The van der Waals surface area contributed by atoms with Crippen LogP contribution in [0.5, 0.6) is 0 Å². The van der Waals surface area contributed by atoms with E-state index in [9.17, 15) is 9.59 Å². The molecule has 0 saturated carbocycles. The van der Waals surface area contributed by atoms with Gasteiger partial charge in [0.1, 0.15) is 0 Å². The first-order valence-electron chi connectivity index (χ1n) is 6.34. The fourth-order valence-electron chi connectivity index (χ4n) is 1.71. The molecule has 2 aliphatic heterocycles. The highest BCUT2D eigenvalue weighted by atomic mass is 32.3. The summed E-state index contributed by atoms with van der Waals surface area (Å²) >= 11 is 5.15. The SMILES string of the molecule is C[S](C(=O)c1ccc(C(=O)SCC2CS2)cc1)C1CS1. The van der Waals surface area contributed by atoms with Gasteiger partial charge in [-0.1, -0.05) is 11.8 Å². The van der Waals surface area contributed by atoms with Crippen molar-refractivity contribution in [2.75, 3.05) is 23.5 Å². The molecule has 0 amide bonds. The number of benzene rings is 1. The van der Waals surface area contributed by atoms with Crippen molar-refractivity contribution in [1.82, 2.24) is 0 Å². The Morgan fingerprint density at radius 1 is 1.20 bits per heavy atom. The lowest BCUT2D eigenvalue weighted by molar-refractivity contribution is 0.107. The average molecular weight is 344 g/mol. The maximum absolute atomic E-state index is 12.2. The van der Waals surface area contributed by atoms with E-state index in [1.165, 1.54) is 17.5 Å². The van der Waals surface area contributed by atoms with Crippen molar-refractivity contribution < 1.29 is 9.59 Å². The maximum atomic E-state index is 12.2. The normalized spacial score (nSPS) is 23.7. The highest BCUT2D eigenvalue weighted by Crippen LogP contribution is 2.49. The van der Waals surface area contributed by atoms with E-state index in [0.717, 1.165) is 17.1 Å². The Hall–Kier alpha value is -0.0400.